The highest BCUT2D eigenvalue weighted by Gasteiger charge is 2.78. The summed E-state index contributed by atoms with van der Waals surface area (Å²) in [7, 11) is 0. The maximum atomic E-state index is 14.0. The van der Waals surface area contributed by atoms with Crippen molar-refractivity contribution >= 4 is 23.6 Å². The average Bonchev–Trinajstić information content (AvgIpc) is 3.52. The Labute approximate surface area is 234 Å². The van der Waals surface area contributed by atoms with Gasteiger partial charge in [0, 0.05) is 25.0 Å². The number of epoxide rings is 1. The number of amides is 1. The van der Waals surface area contributed by atoms with Crippen LogP contribution in [0.15, 0.2) is 66.3 Å². The number of ether oxygens (including phenoxy) is 3. The van der Waals surface area contributed by atoms with Crippen LogP contribution < -0.4 is 5.32 Å². The third-order valence-corrected chi connectivity index (χ3v) is 9.06. The topological polar surface area (TPSA) is 111 Å². The van der Waals surface area contributed by atoms with E-state index >= 15 is 0 Å². The van der Waals surface area contributed by atoms with Crippen molar-refractivity contribution in [2.24, 2.45) is 23.7 Å². The van der Waals surface area contributed by atoms with E-state index in [1.165, 1.54) is 6.92 Å². The number of ketones is 1. The van der Waals surface area contributed by atoms with Gasteiger partial charge >= 0.3 is 11.9 Å². The monoisotopic (exact) mass is 547 g/mol. The highest BCUT2D eigenvalue weighted by Crippen LogP contribution is 2.63. The molecule has 0 aromatic heterocycles. The van der Waals surface area contributed by atoms with Crippen LogP contribution in [-0.4, -0.2) is 53.1 Å². The van der Waals surface area contributed by atoms with Crippen LogP contribution in [0.5, 0.6) is 0 Å². The van der Waals surface area contributed by atoms with Crippen LogP contribution in [0.25, 0.3) is 0 Å². The molecule has 2 saturated heterocycles. The molecule has 1 spiro atoms. The first kappa shape index (κ1) is 28.0. The lowest BCUT2D eigenvalue weighted by Gasteiger charge is -2.45. The number of allylic oxidation sites excluding steroid dienone is 2. The largest absolute Gasteiger partial charge is 0.450 e. The highest BCUT2D eigenvalue weighted by molar-refractivity contribution is 6.01. The molecule has 212 valence electrons. The van der Waals surface area contributed by atoms with Crippen LogP contribution in [-0.2, 0) is 39.8 Å². The SMILES string of the molecule is CC(=O)O[C@H]1C(=O)/C=C/C(=O)OC23C(=O)N[C@@H](Cc4ccccc4)[C@@H]2[C@H](C)[C@@]2(C)O[C@H]2[C@@H]3/C=C/C[C@H](C)/C=C/1C. The molecule has 4 aliphatic rings. The van der Waals surface area contributed by atoms with Gasteiger partial charge in [0.05, 0.1) is 17.6 Å². The lowest BCUT2D eigenvalue weighted by atomic mass is 9.59. The van der Waals surface area contributed by atoms with E-state index in [0.29, 0.717) is 18.4 Å². The van der Waals surface area contributed by atoms with Gasteiger partial charge in [-0.05, 0) is 55.7 Å². The van der Waals surface area contributed by atoms with Crippen LogP contribution in [0.3, 0.4) is 0 Å². The molecule has 3 fully saturated rings. The van der Waals surface area contributed by atoms with Gasteiger partial charge in [-0.1, -0.05) is 62.4 Å². The Hall–Kier alpha value is -3.52. The summed E-state index contributed by atoms with van der Waals surface area (Å²) in [6.07, 6.45) is 7.70. The zero-order chi connectivity index (χ0) is 28.8. The standard InChI is InChI=1S/C32H37NO7/c1-18-10-9-13-23-29-31(5,40-29)20(3)27-24(17-22-11-7-6-8-12-22)33-30(37)32(23,27)39-26(36)15-14-25(35)28(19(2)16-18)38-21(4)34/h6-9,11-16,18,20,23-24,27-29H,10,17H2,1-5H3,(H,33,37)/b13-9+,15-14+,19-16+/t18-,20-,23-,24-,27-,28+,29-,31+,32?/m0/s1. The van der Waals surface area contributed by atoms with Crippen molar-refractivity contribution in [1.82, 2.24) is 5.32 Å². The molecular formula is C32H37NO7. The Kier molecular flexibility index (Phi) is 7.33. The predicted molar refractivity (Wildman–Crippen MR) is 147 cm³/mol. The van der Waals surface area contributed by atoms with E-state index in [1.807, 2.05) is 55.5 Å². The molecule has 9 atom stereocenters. The molecule has 1 aromatic rings. The van der Waals surface area contributed by atoms with E-state index < -0.39 is 40.9 Å². The lowest BCUT2D eigenvalue weighted by molar-refractivity contribution is -0.177. The van der Waals surface area contributed by atoms with Crippen LogP contribution in [0.2, 0.25) is 0 Å². The Balaban J connectivity index is 1.57. The van der Waals surface area contributed by atoms with E-state index in [-0.39, 0.29) is 35.8 Å². The molecule has 5 rings (SSSR count). The van der Waals surface area contributed by atoms with Crippen molar-refractivity contribution in [1.29, 1.82) is 0 Å². The van der Waals surface area contributed by atoms with Crippen LogP contribution in [0.1, 0.15) is 46.6 Å². The molecule has 8 nitrogen and oxygen atoms in total. The van der Waals surface area contributed by atoms with E-state index in [0.717, 1.165) is 17.7 Å². The van der Waals surface area contributed by atoms with Crippen LogP contribution in [0, 0.1) is 23.7 Å². The summed E-state index contributed by atoms with van der Waals surface area (Å²) in [6, 6.07) is 9.63. The number of carbonyl (C=O) groups excluding carboxylic acids is 4. The minimum atomic E-state index is -1.51. The van der Waals surface area contributed by atoms with Gasteiger partial charge in [0.15, 0.2) is 6.10 Å². The number of fused-ring (bicyclic) bond motifs is 2. The maximum absolute atomic E-state index is 14.0. The van der Waals surface area contributed by atoms with Gasteiger partial charge in [-0.25, -0.2) is 4.79 Å². The second-order valence-corrected chi connectivity index (χ2v) is 11.8. The number of hydrogen-bond acceptors (Lipinski definition) is 7. The fourth-order valence-electron chi connectivity index (χ4n) is 7.03. The third kappa shape index (κ3) is 4.83. The zero-order valence-electron chi connectivity index (χ0n) is 23.6. The minimum Gasteiger partial charge on any atom is -0.450 e. The molecule has 1 aliphatic carbocycles. The van der Waals surface area contributed by atoms with Gasteiger partial charge in [0.1, 0.15) is 0 Å². The first-order valence-electron chi connectivity index (χ1n) is 14.0. The van der Waals surface area contributed by atoms with Crippen molar-refractivity contribution in [3.8, 4) is 0 Å². The molecule has 1 N–H and O–H groups in total. The average molecular weight is 548 g/mol. The quantitative estimate of drug-likeness (QED) is 0.349. The normalized spacial score (nSPS) is 42.0. The molecule has 3 aliphatic heterocycles. The molecule has 0 bridgehead atoms. The summed E-state index contributed by atoms with van der Waals surface area (Å²) in [4.78, 5) is 52.1. The van der Waals surface area contributed by atoms with E-state index in [4.69, 9.17) is 14.2 Å². The number of nitrogens with one attached hydrogen (secondary N) is 1. The molecule has 3 heterocycles. The van der Waals surface area contributed by atoms with Gasteiger partial charge in [-0.3, -0.25) is 14.4 Å². The zero-order valence-corrected chi connectivity index (χ0v) is 23.6. The number of benzene rings is 1. The highest BCUT2D eigenvalue weighted by atomic mass is 16.6. The Morgan fingerprint density at radius 1 is 1.12 bits per heavy atom. The second-order valence-electron chi connectivity index (χ2n) is 11.8. The van der Waals surface area contributed by atoms with Gasteiger partial charge in [-0.2, -0.15) is 0 Å². The third-order valence-electron chi connectivity index (χ3n) is 9.06. The first-order chi connectivity index (χ1) is 19.0. The molecular weight excluding hydrogens is 510 g/mol. The molecule has 8 heteroatoms. The molecule has 1 aromatic carbocycles. The Bertz CT molecular complexity index is 1300. The van der Waals surface area contributed by atoms with E-state index in [2.05, 4.69) is 19.2 Å². The Morgan fingerprint density at radius 2 is 1.85 bits per heavy atom. The van der Waals surface area contributed by atoms with Crippen molar-refractivity contribution in [2.45, 2.75) is 76.9 Å². The number of esters is 2. The summed E-state index contributed by atoms with van der Waals surface area (Å²) in [5.74, 6) is -3.26. The summed E-state index contributed by atoms with van der Waals surface area (Å²) in [5, 5.41) is 3.17. The summed E-state index contributed by atoms with van der Waals surface area (Å²) in [6.45, 7) is 9.09. The minimum absolute atomic E-state index is 0.0144. The molecule has 1 amide bonds. The summed E-state index contributed by atoms with van der Waals surface area (Å²) >= 11 is 0. The van der Waals surface area contributed by atoms with Crippen molar-refractivity contribution in [3.63, 3.8) is 0 Å². The lowest BCUT2D eigenvalue weighted by Crippen LogP contribution is -2.61. The van der Waals surface area contributed by atoms with E-state index in [1.54, 1.807) is 6.92 Å². The van der Waals surface area contributed by atoms with Gasteiger partial charge in [-0.15, -0.1) is 0 Å². The Morgan fingerprint density at radius 3 is 2.55 bits per heavy atom. The van der Waals surface area contributed by atoms with Crippen LogP contribution in [0.4, 0.5) is 0 Å². The molecule has 1 unspecified atom stereocenters. The van der Waals surface area contributed by atoms with Gasteiger partial charge < -0.3 is 19.5 Å². The first-order valence-corrected chi connectivity index (χ1v) is 14.0. The van der Waals surface area contributed by atoms with Crippen LogP contribution >= 0.6 is 0 Å². The van der Waals surface area contributed by atoms with Gasteiger partial charge in [0.25, 0.3) is 5.91 Å². The van der Waals surface area contributed by atoms with E-state index in [9.17, 15) is 19.2 Å². The smallest absolute Gasteiger partial charge is 0.331 e. The van der Waals surface area contributed by atoms with Crippen molar-refractivity contribution in [3.05, 3.63) is 71.8 Å². The summed E-state index contributed by atoms with van der Waals surface area (Å²) in [5.41, 5.74) is -0.308. The fraction of sp³-hybridized carbons (Fsp3) is 0.500. The van der Waals surface area contributed by atoms with Gasteiger partial charge in [0.2, 0.25) is 11.4 Å². The maximum Gasteiger partial charge on any atom is 0.331 e. The summed E-state index contributed by atoms with van der Waals surface area (Å²) < 4.78 is 17.8. The second kappa shape index (κ2) is 10.5. The number of carbonyl (C=O) groups is 4. The number of hydrogen-bond donors (Lipinski definition) is 1. The number of rotatable bonds is 3. The molecule has 0 radical (unpaired) electrons. The molecule has 40 heavy (non-hydrogen) atoms. The predicted octanol–water partition coefficient (Wildman–Crippen LogP) is 3.65. The fourth-order valence-corrected chi connectivity index (χ4v) is 7.03. The van der Waals surface area contributed by atoms with Crippen molar-refractivity contribution in [2.75, 3.05) is 0 Å². The molecule has 1 saturated carbocycles. The van der Waals surface area contributed by atoms with Crippen molar-refractivity contribution < 1.29 is 33.4 Å².